The van der Waals surface area contributed by atoms with Gasteiger partial charge < -0.3 is 14.6 Å². The molecule has 2 bridgehead atoms. The van der Waals surface area contributed by atoms with Crippen molar-refractivity contribution in [3.63, 3.8) is 0 Å². The zero-order valence-electron chi connectivity index (χ0n) is 4.70. The van der Waals surface area contributed by atoms with Crippen molar-refractivity contribution in [3.05, 3.63) is 23.9 Å². The Morgan fingerprint density at radius 1 is 1.67 bits per heavy atom. The molecule has 1 unspecified atom stereocenters. The summed E-state index contributed by atoms with van der Waals surface area (Å²) in [6.07, 6.45) is 3.39. The third-order valence-corrected chi connectivity index (χ3v) is 1.31. The molecule has 2 heterocycles. The SMILES string of the molecule is OC1=C2OCC(C=C1)O2. The van der Waals surface area contributed by atoms with Crippen LogP contribution in [0.5, 0.6) is 0 Å². The van der Waals surface area contributed by atoms with Gasteiger partial charge in [-0.05, 0) is 12.2 Å². The largest absolute Gasteiger partial charge is 0.502 e. The summed E-state index contributed by atoms with van der Waals surface area (Å²) in [4.78, 5) is 0. The van der Waals surface area contributed by atoms with Crippen molar-refractivity contribution in [1.82, 2.24) is 0 Å². The smallest absolute Gasteiger partial charge is 0.324 e. The number of aliphatic hydroxyl groups excluding tert-OH is 1. The third kappa shape index (κ3) is 0.575. The number of hydrogen-bond donors (Lipinski definition) is 1. The number of ether oxygens (including phenoxy) is 2. The number of aliphatic hydroxyl groups is 1. The fraction of sp³-hybridized carbons (Fsp3) is 0.333. The standard InChI is InChI=1S/C6H6O3/c7-5-2-1-4-3-8-6(5)9-4/h1-2,4,7H,3H2. The van der Waals surface area contributed by atoms with Crippen LogP contribution in [0.3, 0.4) is 0 Å². The van der Waals surface area contributed by atoms with Gasteiger partial charge in [0.05, 0.1) is 0 Å². The van der Waals surface area contributed by atoms with E-state index in [1.807, 2.05) is 0 Å². The normalized spacial score (nSPS) is 30.0. The van der Waals surface area contributed by atoms with Gasteiger partial charge in [-0.1, -0.05) is 0 Å². The van der Waals surface area contributed by atoms with Gasteiger partial charge in [-0.2, -0.15) is 0 Å². The van der Waals surface area contributed by atoms with E-state index < -0.39 is 0 Å². The highest BCUT2D eigenvalue weighted by Gasteiger charge is 2.25. The van der Waals surface area contributed by atoms with E-state index in [1.165, 1.54) is 0 Å². The van der Waals surface area contributed by atoms with Gasteiger partial charge in [-0.3, -0.25) is 0 Å². The first-order valence-electron chi connectivity index (χ1n) is 2.77. The zero-order valence-corrected chi connectivity index (χ0v) is 4.70. The molecule has 1 atom stereocenters. The van der Waals surface area contributed by atoms with Crippen LogP contribution in [0.15, 0.2) is 23.9 Å². The Morgan fingerprint density at radius 2 is 2.56 bits per heavy atom. The van der Waals surface area contributed by atoms with Gasteiger partial charge in [0.15, 0.2) is 11.9 Å². The van der Waals surface area contributed by atoms with Crippen molar-refractivity contribution in [2.45, 2.75) is 6.10 Å². The first kappa shape index (κ1) is 4.73. The van der Waals surface area contributed by atoms with Gasteiger partial charge >= 0.3 is 5.95 Å². The average molecular weight is 126 g/mol. The summed E-state index contributed by atoms with van der Waals surface area (Å²) in [6, 6.07) is 0. The molecular formula is C6H6O3. The molecule has 2 aliphatic rings. The number of hydrogen-bond acceptors (Lipinski definition) is 3. The Balaban J connectivity index is 2.39. The zero-order chi connectivity index (χ0) is 6.27. The second kappa shape index (κ2) is 1.43. The number of allylic oxidation sites excluding steroid dienone is 1. The van der Waals surface area contributed by atoms with Crippen molar-refractivity contribution in [2.24, 2.45) is 0 Å². The molecule has 0 aromatic carbocycles. The highest BCUT2D eigenvalue weighted by molar-refractivity contribution is 5.19. The maximum atomic E-state index is 8.94. The lowest BCUT2D eigenvalue weighted by atomic mass is 10.3. The summed E-state index contributed by atoms with van der Waals surface area (Å²) in [6.45, 7) is 0.524. The highest BCUT2D eigenvalue weighted by Crippen LogP contribution is 2.23. The average Bonchev–Trinajstić information content (AvgIpc) is 2.25. The predicted molar refractivity (Wildman–Crippen MR) is 29.6 cm³/mol. The van der Waals surface area contributed by atoms with E-state index in [1.54, 1.807) is 12.2 Å². The van der Waals surface area contributed by atoms with E-state index in [2.05, 4.69) is 0 Å². The van der Waals surface area contributed by atoms with Crippen LogP contribution in [0.4, 0.5) is 0 Å². The monoisotopic (exact) mass is 126 g/mol. The van der Waals surface area contributed by atoms with Crippen LogP contribution in [0.1, 0.15) is 0 Å². The van der Waals surface area contributed by atoms with Gasteiger partial charge in [0, 0.05) is 0 Å². The van der Waals surface area contributed by atoms with Crippen LogP contribution in [0.2, 0.25) is 0 Å². The quantitative estimate of drug-likeness (QED) is 0.519. The van der Waals surface area contributed by atoms with Crippen LogP contribution in [-0.2, 0) is 9.47 Å². The Labute approximate surface area is 52.2 Å². The molecule has 2 rings (SSSR count). The molecule has 0 aliphatic carbocycles. The molecule has 2 aliphatic heterocycles. The Morgan fingerprint density at radius 3 is 3.33 bits per heavy atom. The molecule has 0 aromatic heterocycles. The van der Waals surface area contributed by atoms with Crippen molar-refractivity contribution < 1.29 is 14.6 Å². The van der Waals surface area contributed by atoms with Gasteiger partial charge in [-0.15, -0.1) is 0 Å². The molecule has 1 N–H and O–H groups in total. The van der Waals surface area contributed by atoms with Gasteiger partial charge in [0.1, 0.15) is 6.61 Å². The van der Waals surface area contributed by atoms with Crippen LogP contribution in [-0.4, -0.2) is 17.8 Å². The van der Waals surface area contributed by atoms with Crippen molar-refractivity contribution in [3.8, 4) is 0 Å². The molecule has 3 nitrogen and oxygen atoms in total. The summed E-state index contributed by atoms with van der Waals surface area (Å²) in [5, 5.41) is 8.94. The first-order chi connectivity index (χ1) is 4.36. The first-order valence-corrected chi connectivity index (χ1v) is 2.77. The Kier molecular flexibility index (Phi) is 0.754. The minimum Gasteiger partial charge on any atom is -0.502 e. The number of fused-ring (bicyclic) bond motifs is 2. The van der Waals surface area contributed by atoms with Gasteiger partial charge in [0.2, 0.25) is 0 Å². The summed E-state index contributed by atoms with van der Waals surface area (Å²) < 4.78 is 9.96. The fourth-order valence-corrected chi connectivity index (χ4v) is 0.859. The summed E-state index contributed by atoms with van der Waals surface area (Å²) in [5.41, 5.74) is 0. The molecule has 3 heteroatoms. The highest BCUT2D eigenvalue weighted by atomic mass is 16.7. The Bertz CT molecular complexity index is 192. The predicted octanol–water partition coefficient (Wildman–Crippen LogP) is 0.699. The molecular weight excluding hydrogens is 120 g/mol. The minimum absolute atomic E-state index is 0.0240. The van der Waals surface area contributed by atoms with E-state index in [4.69, 9.17) is 14.6 Å². The lowest BCUT2D eigenvalue weighted by Gasteiger charge is -2.05. The molecule has 0 aromatic rings. The fourth-order valence-electron chi connectivity index (χ4n) is 0.859. The molecule has 0 saturated carbocycles. The van der Waals surface area contributed by atoms with Crippen molar-refractivity contribution in [2.75, 3.05) is 6.61 Å². The van der Waals surface area contributed by atoms with Gasteiger partial charge in [-0.25, -0.2) is 0 Å². The maximum Gasteiger partial charge on any atom is 0.324 e. The van der Waals surface area contributed by atoms with E-state index >= 15 is 0 Å². The molecule has 48 valence electrons. The molecule has 0 radical (unpaired) electrons. The lowest BCUT2D eigenvalue weighted by Crippen LogP contribution is -2.06. The van der Waals surface area contributed by atoms with E-state index in [0.717, 1.165) is 0 Å². The summed E-state index contributed by atoms with van der Waals surface area (Å²) in [5.74, 6) is 0.353. The number of rotatable bonds is 0. The minimum atomic E-state index is 0.0240. The van der Waals surface area contributed by atoms with Gasteiger partial charge in [0.25, 0.3) is 0 Å². The molecule has 0 amide bonds. The summed E-state index contributed by atoms with van der Waals surface area (Å²) >= 11 is 0. The molecule has 1 fully saturated rings. The van der Waals surface area contributed by atoms with Crippen molar-refractivity contribution >= 4 is 0 Å². The third-order valence-electron chi connectivity index (χ3n) is 1.31. The lowest BCUT2D eigenvalue weighted by molar-refractivity contribution is 0.132. The molecule has 9 heavy (non-hydrogen) atoms. The maximum absolute atomic E-state index is 8.94. The molecule has 0 spiro atoms. The second-order valence-corrected chi connectivity index (χ2v) is 2.00. The van der Waals surface area contributed by atoms with E-state index in [-0.39, 0.29) is 17.8 Å². The summed E-state index contributed by atoms with van der Waals surface area (Å²) in [7, 11) is 0. The molecule has 1 saturated heterocycles. The van der Waals surface area contributed by atoms with Crippen molar-refractivity contribution in [1.29, 1.82) is 0 Å². The van der Waals surface area contributed by atoms with Crippen LogP contribution in [0, 0.1) is 0 Å². The van der Waals surface area contributed by atoms with E-state index in [0.29, 0.717) is 6.61 Å². The van der Waals surface area contributed by atoms with Crippen LogP contribution in [0.25, 0.3) is 0 Å². The van der Waals surface area contributed by atoms with Crippen LogP contribution < -0.4 is 0 Å². The topological polar surface area (TPSA) is 38.7 Å². The van der Waals surface area contributed by atoms with E-state index in [9.17, 15) is 0 Å². The second-order valence-electron chi connectivity index (χ2n) is 2.00. The van der Waals surface area contributed by atoms with Crippen LogP contribution >= 0.6 is 0 Å². The Hall–Kier alpha value is -1.12.